The summed E-state index contributed by atoms with van der Waals surface area (Å²) in [5, 5.41) is 13.9. The second-order valence-corrected chi connectivity index (χ2v) is 5.56. The molecule has 7 nitrogen and oxygen atoms in total. The van der Waals surface area contributed by atoms with E-state index in [1.54, 1.807) is 0 Å². The number of likely N-dealkylation sites (tertiary alicyclic amines) is 1. The van der Waals surface area contributed by atoms with Crippen molar-refractivity contribution in [2.75, 3.05) is 5.32 Å². The second-order valence-electron chi connectivity index (χ2n) is 5.16. The molecule has 2 aliphatic rings. The highest BCUT2D eigenvalue weighted by Crippen LogP contribution is 2.34. The van der Waals surface area contributed by atoms with E-state index in [2.05, 4.69) is 5.32 Å². The van der Waals surface area contributed by atoms with Crippen molar-refractivity contribution in [1.82, 2.24) is 4.90 Å². The maximum Gasteiger partial charge on any atom is 0.271 e. The van der Waals surface area contributed by atoms with E-state index in [-0.39, 0.29) is 40.7 Å². The molecule has 2 amide bonds. The van der Waals surface area contributed by atoms with Gasteiger partial charge in [-0.05, 0) is 18.9 Å². The van der Waals surface area contributed by atoms with Gasteiger partial charge >= 0.3 is 0 Å². The Morgan fingerprint density at radius 3 is 2.67 bits per heavy atom. The molecule has 1 aliphatic carbocycles. The van der Waals surface area contributed by atoms with Gasteiger partial charge in [-0.3, -0.25) is 24.6 Å². The number of carbonyl (C=O) groups excluding carboxylic acids is 2. The Balaban J connectivity index is 1.80. The molecule has 21 heavy (non-hydrogen) atoms. The highest BCUT2D eigenvalue weighted by Gasteiger charge is 2.46. The van der Waals surface area contributed by atoms with Crippen molar-refractivity contribution in [2.24, 2.45) is 0 Å². The van der Waals surface area contributed by atoms with Gasteiger partial charge in [0.15, 0.2) is 0 Å². The Hall–Kier alpha value is -2.15. The first-order chi connectivity index (χ1) is 9.97. The monoisotopic (exact) mass is 309 g/mol. The molecule has 3 rings (SSSR count). The minimum absolute atomic E-state index is 0.0254. The van der Waals surface area contributed by atoms with Crippen molar-refractivity contribution in [1.29, 1.82) is 0 Å². The molecule has 0 aromatic heterocycles. The van der Waals surface area contributed by atoms with Gasteiger partial charge in [0.1, 0.15) is 6.04 Å². The minimum atomic E-state index is -0.711. The number of imide groups is 1. The lowest BCUT2D eigenvalue weighted by Gasteiger charge is -2.15. The molecule has 2 fully saturated rings. The fourth-order valence-electron chi connectivity index (χ4n) is 2.41. The number of benzene rings is 1. The van der Waals surface area contributed by atoms with E-state index in [4.69, 9.17) is 11.6 Å². The van der Waals surface area contributed by atoms with Crippen LogP contribution in [0.3, 0.4) is 0 Å². The summed E-state index contributed by atoms with van der Waals surface area (Å²) in [5.41, 5.74) is 0.160. The van der Waals surface area contributed by atoms with Gasteiger partial charge in [-0.25, -0.2) is 0 Å². The Labute approximate surface area is 125 Å². The highest BCUT2D eigenvalue weighted by atomic mass is 35.5. The lowest BCUT2D eigenvalue weighted by atomic mass is 10.2. The molecule has 1 N–H and O–H groups in total. The second kappa shape index (κ2) is 5.00. The normalized spacial score (nSPS) is 21.8. The maximum absolute atomic E-state index is 12.2. The first-order valence-electron chi connectivity index (χ1n) is 6.54. The number of anilines is 1. The number of carbonyl (C=O) groups is 2. The zero-order valence-electron chi connectivity index (χ0n) is 10.9. The SMILES string of the molecule is O=C1CC(Nc2cc([N+](=O)[O-])ccc2Cl)C(=O)N1C1CC1. The Bertz CT molecular complexity index is 644. The summed E-state index contributed by atoms with van der Waals surface area (Å²) >= 11 is 5.98. The van der Waals surface area contributed by atoms with Gasteiger partial charge < -0.3 is 5.32 Å². The first-order valence-corrected chi connectivity index (χ1v) is 6.91. The van der Waals surface area contributed by atoms with E-state index < -0.39 is 11.0 Å². The van der Waals surface area contributed by atoms with E-state index in [0.717, 1.165) is 12.8 Å². The minimum Gasteiger partial charge on any atom is -0.372 e. The zero-order valence-corrected chi connectivity index (χ0v) is 11.7. The summed E-state index contributed by atoms with van der Waals surface area (Å²) in [6, 6.07) is 3.25. The van der Waals surface area contributed by atoms with Crippen molar-refractivity contribution in [3.63, 3.8) is 0 Å². The van der Waals surface area contributed by atoms with Gasteiger partial charge in [-0.1, -0.05) is 11.6 Å². The van der Waals surface area contributed by atoms with Crippen molar-refractivity contribution in [2.45, 2.75) is 31.3 Å². The number of amides is 2. The van der Waals surface area contributed by atoms with Crippen molar-refractivity contribution < 1.29 is 14.5 Å². The van der Waals surface area contributed by atoms with Crippen LogP contribution in [0.2, 0.25) is 5.02 Å². The van der Waals surface area contributed by atoms with Gasteiger partial charge in [0.2, 0.25) is 5.91 Å². The van der Waals surface area contributed by atoms with Crippen LogP contribution >= 0.6 is 11.6 Å². The highest BCUT2D eigenvalue weighted by molar-refractivity contribution is 6.33. The number of nitrogens with one attached hydrogen (secondary N) is 1. The van der Waals surface area contributed by atoms with Crippen LogP contribution in [0.25, 0.3) is 0 Å². The van der Waals surface area contributed by atoms with Crippen LogP contribution in [-0.2, 0) is 9.59 Å². The summed E-state index contributed by atoms with van der Waals surface area (Å²) in [6.45, 7) is 0. The summed E-state index contributed by atoms with van der Waals surface area (Å²) in [4.78, 5) is 35.6. The summed E-state index contributed by atoms with van der Waals surface area (Å²) in [7, 11) is 0. The molecular formula is C13H12ClN3O4. The van der Waals surface area contributed by atoms with Gasteiger partial charge in [0, 0.05) is 18.2 Å². The molecule has 1 aromatic rings. The van der Waals surface area contributed by atoms with Gasteiger partial charge in [0.05, 0.1) is 22.1 Å². The van der Waals surface area contributed by atoms with Gasteiger partial charge in [-0.15, -0.1) is 0 Å². The van der Waals surface area contributed by atoms with Crippen LogP contribution in [0, 0.1) is 10.1 Å². The third-order valence-electron chi connectivity index (χ3n) is 3.59. The quantitative estimate of drug-likeness (QED) is 0.521. The number of hydrogen-bond donors (Lipinski definition) is 1. The predicted octanol–water partition coefficient (Wildman–Crippen LogP) is 1.95. The van der Waals surface area contributed by atoms with Crippen LogP contribution in [0.15, 0.2) is 18.2 Å². The van der Waals surface area contributed by atoms with Crippen LogP contribution in [-0.4, -0.2) is 33.7 Å². The van der Waals surface area contributed by atoms with Gasteiger partial charge in [0.25, 0.3) is 11.6 Å². The molecule has 8 heteroatoms. The number of nitrogens with zero attached hydrogens (tertiary/aromatic N) is 2. The average Bonchev–Trinajstić information content (AvgIpc) is 3.20. The molecule has 0 bridgehead atoms. The number of nitro groups is 1. The third kappa shape index (κ3) is 2.56. The number of nitro benzene ring substituents is 1. The summed E-state index contributed by atoms with van der Waals surface area (Å²) in [5.74, 6) is -0.494. The molecule has 1 saturated carbocycles. The predicted molar refractivity (Wildman–Crippen MR) is 75.0 cm³/mol. The Morgan fingerprint density at radius 2 is 2.05 bits per heavy atom. The Morgan fingerprint density at radius 1 is 1.33 bits per heavy atom. The maximum atomic E-state index is 12.2. The van der Waals surface area contributed by atoms with Crippen LogP contribution in [0.4, 0.5) is 11.4 Å². The average molecular weight is 310 g/mol. The number of non-ortho nitro benzene ring substituents is 1. The fourth-order valence-corrected chi connectivity index (χ4v) is 2.58. The van der Waals surface area contributed by atoms with Crippen LogP contribution in [0.1, 0.15) is 19.3 Å². The van der Waals surface area contributed by atoms with Crippen molar-refractivity contribution >= 4 is 34.8 Å². The van der Waals surface area contributed by atoms with Crippen molar-refractivity contribution in [3.8, 4) is 0 Å². The molecular weight excluding hydrogens is 298 g/mol. The molecule has 1 aliphatic heterocycles. The lowest BCUT2D eigenvalue weighted by Crippen LogP contribution is -2.36. The van der Waals surface area contributed by atoms with Crippen molar-refractivity contribution in [3.05, 3.63) is 33.3 Å². The zero-order chi connectivity index (χ0) is 15.1. The largest absolute Gasteiger partial charge is 0.372 e. The molecule has 1 saturated heterocycles. The molecule has 1 unspecified atom stereocenters. The molecule has 1 heterocycles. The molecule has 1 aromatic carbocycles. The van der Waals surface area contributed by atoms with E-state index in [1.165, 1.54) is 23.1 Å². The number of hydrogen-bond acceptors (Lipinski definition) is 5. The van der Waals surface area contributed by atoms with Crippen LogP contribution < -0.4 is 5.32 Å². The molecule has 0 radical (unpaired) electrons. The topological polar surface area (TPSA) is 92.5 Å². The van der Waals surface area contributed by atoms with E-state index in [9.17, 15) is 19.7 Å². The lowest BCUT2D eigenvalue weighted by molar-refractivity contribution is -0.384. The third-order valence-corrected chi connectivity index (χ3v) is 3.92. The first kappa shape index (κ1) is 13.8. The Kier molecular flexibility index (Phi) is 3.29. The standard InChI is InChI=1S/C13H12ClN3O4/c14-9-4-3-8(17(20)21)5-10(9)15-11-6-12(18)16(13(11)19)7-1-2-7/h3-5,7,11,15H,1-2,6H2. The smallest absolute Gasteiger partial charge is 0.271 e. The van der Waals surface area contributed by atoms with Gasteiger partial charge in [-0.2, -0.15) is 0 Å². The molecule has 1 atom stereocenters. The van der Waals surface area contributed by atoms with E-state index in [1.807, 2.05) is 0 Å². The number of rotatable bonds is 4. The fraction of sp³-hybridized carbons (Fsp3) is 0.385. The van der Waals surface area contributed by atoms with E-state index in [0.29, 0.717) is 0 Å². The van der Waals surface area contributed by atoms with E-state index >= 15 is 0 Å². The summed E-state index contributed by atoms with van der Waals surface area (Å²) < 4.78 is 0. The molecule has 0 spiro atoms. The molecule has 110 valence electrons. The number of halogens is 1. The van der Waals surface area contributed by atoms with Crippen LogP contribution in [0.5, 0.6) is 0 Å². The summed E-state index contributed by atoms with van der Waals surface area (Å²) in [6.07, 6.45) is 1.75.